The Kier molecular flexibility index (Phi) is 5.68. The molecule has 0 amide bonds. The lowest BCUT2D eigenvalue weighted by Crippen LogP contribution is -2.38. The van der Waals surface area contributed by atoms with Crippen LogP contribution >= 0.6 is 0 Å². The number of hydrogen-bond donors (Lipinski definition) is 2. The second-order valence-corrected chi connectivity index (χ2v) is 5.40. The lowest BCUT2D eigenvalue weighted by atomic mass is 9.94. The van der Waals surface area contributed by atoms with E-state index in [1.165, 1.54) is 32.1 Å². The van der Waals surface area contributed by atoms with Crippen molar-refractivity contribution in [3.63, 3.8) is 0 Å². The van der Waals surface area contributed by atoms with Gasteiger partial charge in [-0.05, 0) is 18.9 Å². The summed E-state index contributed by atoms with van der Waals surface area (Å²) >= 11 is 0. The molecule has 0 bridgehead atoms. The summed E-state index contributed by atoms with van der Waals surface area (Å²) in [7, 11) is 3.35. The van der Waals surface area contributed by atoms with E-state index in [2.05, 4.69) is 5.32 Å². The molecular formula is C16H26N2O2. The van der Waals surface area contributed by atoms with E-state index >= 15 is 0 Å². The summed E-state index contributed by atoms with van der Waals surface area (Å²) in [5.41, 5.74) is 7.08. The SMILES string of the molecule is COc1ccc(C(CN)NC2CCCCC2)c(OC)c1. The van der Waals surface area contributed by atoms with Crippen molar-refractivity contribution in [3.8, 4) is 11.5 Å². The molecule has 1 unspecified atom stereocenters. The molecule has 1 aromatic carbocycles. The molecule has 0 spiro atoms. The highest BCUT2D eigenvalue weighted by atomic mass is 16.5. The minimum Gasteiger partial charge on any atom is -0.497 e. The maximum absolute atomic E-state index is 5.97. The van der Waals surface area contributed by atoms with Crippen LogP contribution in [0.2, 0.25) is 0 Å². The van der Waals surface area contributed by atoms with Gasteiger partial charge in [0.05, 0.1) is 14.2 Å². The van der Waals surface area contributed by atoms with Crippen LogP contribution in [0.25, 0.3) is 0 Å². The Bertz CT molecular complexity index is 417. The van der Waals surface area contributed by atoms with Crippen LogP contribution in [0.3, 0.4) is 0 Å². The molecule has 2 rings (SSSR count). The summed E-state index contributed by atoms with van der Waals surface area (Å²) in [6.45, 7) is 0.569. The van der Waals surface area contributed by atoms with Crippen LogP contribution in [0, 0.1) is 0 Å². The number of benzene rings is 1. The highest BCUT2D eigenvalue weighted by Crippen LogP contribution is 2.30. The Morgan fingerprint density at radius 1 is 1.20 bits per heavy atom. The van der Waals surface area contributed by atoms with E-state index in [-0.39, 0.29) is 6.04 Å². The zero-order valence-electron chi connectivity index (χ0n) is 12.5. The number of nitrogens with two attached hydrogens (primary N) is 1. The van der Waals surface area contributed by atoms with Crippen molar-refractivity contribution >= 4 is 0 Å². The quantitative estimate of drug-likeness (QED) is 0.840. The summed E-state index contributed by atoms with van der Waals surface area (Å²) < 4.78 is 10.7. The number of nitrogens with one attached hydrogen (secondary N) is 1. The summed E-state index contributed by atoms with van der Waals surface area (Å²) in [5.74, 6) is 1.64. The van der Waals surface area contributed by atoms with Crippen LogP contribution in [0.15, 0.2) is 18.2 Å². The number of hydrogen-bond acceptors (Lipinski definition) is 4. The van der Waals surface area contributed by atoms with Crippen LogP contribution in [0.1, 0.15) is 43.7 Å². The van der Waals surface area contributed by atoms with E-state index in [1.54, 1.807) is 14.2 Å². The molecular weight excluding hydrogens is 252 g/mol. The van der Waals surface area contributed by atoms with Gasteiger partial charge in [-0.1, -0.05) is 25.3 Å². The molecule has 0 radical (unpaired) electrons. The standard InChI is InChI=1S/C16H26N2O2/c1-19-13-8-9-14(16(10-13)20-2)15(11-17)18-12-6-4-3-5-7-12/h8-10,12,15,18H,3-7,11,17H2,1-2H3. The molecule has 4 nitrogen and oxygen atoms in total. The molecule has 1 atom stereocenters. The molecule has 1 aliphatic carbocycles. The third-order valence-electron chi connectivity index (χ3n) is 4.09. The first-order chi connectivity index (χ1) is 9.78. The van der Waals surface area contributed by atoms with Gasteiger partial charge in [-0.2, -0.15) is 0 Å². The van der Waals surface area contributed by atoms with Gasteiger partial charge in [0, 0.05) is 30.3 Å². The molecule has 0 saturated heterocycles. The van der Waals surface area contributed by atoms with Crippen LogP contribution in [-0.4, -0.2) is 26.8 Å². The Morgan fingerprint density at radius 3 is 2.55 bits per heavy atom. The van der Waals surface area contributed by atoms with E-state index in [0.29, 0.717) is 12.6 Å². The van der Waals surface area contributed by atoms with E-state index in [0.717, 1.165) is 17.1 Å². The zero-order chi connectivity index (χ0) is 14.4. The Labute approximate surface area is 121 Å². The van der Waals surface area contributed by atoms with Gasteiger partial charge in [-0.25, -0.2) is 0 Å². The second-order valence-electron chi connectivity index (χ2n) is 5.40. The van der Waals surface area contributed by atoms with E-state index < -0.39 is 0 Å². The Morgan fingerprint density at radius 2 is 1.95 bits per heavy atom. The van der Waals surface area contributed by atoms with Gasteiger partial charge in [0.1, 0.15) is 11.5 Å². The second kappa shape index (κ2) is 7.50. The third-order valence-corrected chi connectivity index (χ3v) is 4.09. The van der Waals surface area contributed by atoms with E-state index in [4.69, 9.17) is 15.2 Å². The molecule has 1 aliphatic rings. The lowest BCUT2D eigenvalue weighted by molar-refractivity contribution is 0.332. The van der Waals surface area contributed by atoms with Crippen molar-refractivity contribution in [2.45, 2.75) is 44.2 Å². The molecule has 1 aromatic rings. The van der Waals surface area contributed by atoms with Crippen LogP contribution in [0.4, 0.5) is 0 Å². The van der Waals surface area contributed by atoms with Crippen molar-refractivity contribution in [2.24, 2.45) is 5.73 Å². The summed E-state index contributed by atoms with van der Waals surface area (Å²) in [6.07, 6.45) is 6.48. The topological polar surface area (TPSA) is 56.5 Å². The van der Waals surface area contributed by atoms with Gasteiger partial charge in [0.15, 0.2) is 0 Å². The molecule has 0 heterocycles. The van der Waals surface area contributed by atoms with Crippen LogP contribution < -0.4 is 20.5 Å². The predicted octanol–water partition coefficient (Wildman–Crippen LogP) is 2.63. The smallest absolute Gasteiger partial charge is 0.127 e. The van der Waals surface area contributed by atoms with Crippen molar-refractivity contribution < 1.29 is 9.47 Å². The molecule has 112 valence electrons. The van der Waals surface area contributed by atoms with Gasteiger partial charge in [-0.15, -0.1) is 0 Å². The fourth-order valence-corrected chi connectivity index (χ4v) is 2.94. The fraction of sp³-hybridized carbons (Fsp3) is 0.625. The highest BCUT2D eigenvalue weighted by Gasteiger charge is 2.20. The van der Waals surface area contributed by atoms with Crippen molar-refractivity contribution in [3.05, 3.63) is 23.8 Å². The fourth-order valence-electron chi connectivity index (χ4n) is 2.94. The van der Waals surface area contributed by atoms with Gasteiger partial charge in [0.2, 0.25) is 0 Å². The van der Waals surface area contributed by atoms with Crippen LogP contribution in [0.5, 0.6) is 11.5 Å². The lowest BCUT2D eigenvalue weighted by Gasteiger charge is -2.29. The number of ether oxygens (including phenoxy) is 2. The normalized spacial score (nSPS) is 17.8. The first kappa shape index (κ1) is 15.1. The minimum absolute atomic E-state index is 0.138. The molecule has 3 N–H and O–H groups in total. The first-order valence-corrected chi connectivity index (χ1v) is 7.46. The zero-order valence-corrected chi connectivity index (χ0v) is 12.5. The van der Waals surface area contributed by atoms with Gasteiger partial charge in [-0.3, -0.25) is 0 Å². The number of methoxy groups -OCH3 is 2. The molecule has 4 heteroatoms. The molecule has 0 aromatic heterocycles. The van der Waals surface area contributed by atoms with Crippen molar-refractivity contribution in [2.75, 3.05) is 20.8 Å². The Hall–Kier alpha value is -1.26. The molecule has 1 fully saturated rings. The van der Waals surface area contributed by atoms with E-state index in [1.807, 2.05) is 18.2 Å². The average Bonchev–Trinajstić information content (AvgIpc) is 2.53. The van der Waals surface area contributed by atoms with Crippen LogP contribution in [-0.2, 0) is 0 Å². The van der Waals surface area contributed by atoms with Gasteiger partial charge >= 0.3 is 0 Å². The van der Waals surface area contributed by atoms with Crippen molar-refractivity contribution in [1.82, 2.24) is 5.32 Å². The largest absolute Gasteiger partial charge is 0.497 e. The minimum atomic E-state index is 0.138. The Balaban J connectivity index is 2.13. The predicted molar refractivity (Wildman–Crippen MR) is 81.4 cm³/mol. The van der Waals surface area contributed by atoms with Gasteiger partial charge in [0.25, 0.3) is 0 Å². The maximum Gasteiger partial charge on any atom is 0.127 e. The molecule has 0 aliphatic heterocycles. The first-order valence-electron chi connectivity index (χ1n) is 7.46. The molecule has 20 heavy (non-hydrogen) atoms. The summed E-state index contributed by atoms with van der Waals surface area (Å²) in [5, 5.41) is 3.69. The maximum atomic E-state index is 5.97. The highest BCUT2D eigenvalue weighted by molar-refractivity contribution is 5.42. The monoisotopic (exact) mass is 278 g/mol. The van der Waals surface area contributed by atoms with E-state index in [9.17, 15) is 0 Å². The van der Waals surface area contributed by atoms with Gasteiger partial charge < -0.3 is 20.5 Å². The molecule has 1 saturated carbocycles. The average molecular weight is 278 g/mol. The summed E-state index contributed by atoms with van der Waals surface area (Å²) in [4.78, 5) is 0. The third kappa shape index (κ3) is 3.64. The van der Waals surface area contributed by atoms with Crippen molar-refractivity contribution in [1.29, 1.82) is 0 Å². The summed E-state index contributed by atoms with van der Waals surface area (Å²) in [6, 6.07) is 6.64. The number of rotatable bonds is 6.